The monoisotopic (exact) mass is 381 g/mol. The number of piperidine rings is 1. The molecule has 29 heavy (non-hydrogen) atoms. The van der Waals surface area contributed by atoms with Gasteiger partial charge in [0.2, 0.25) is 0 Å². The molecule has 0 saturated carbocycles. The standard InChI is InChI=1S/C28H31N/c1-29-18-16-23(17-19-29)27-26-15-9-8-12-24(26)21-28(27,25-13-6-3-7-14-25)20-22-10-4-2-5-11-22/h2-15,23,27H,16-21H2,1H3. The fourth-order valence-corrected chi connectivity index (χ4v) is 6.10. The third-order valence-electron chi connectivity index (χ3n) is 7.44. The first-order valence-corrected chi connectivity index (χ1v) is 11.1. The minimum absolute atomic E-state index is 0.146. The number of likely N-dealkylation sites (tertiary alicyclic amines) is 1. The van der Waals surface area contributed by atoms with E-state index >= 15 is 0 Å². The van der Waals surface area contributed by atoms with E-state index in [2.05, 4.69) is 96.9 Å². The predicted molar refractivity (Wildman–Crippen MR) is 121 cm³/mol. The minimum atomic E-state index is 0.146. The second-order valence-corrected chi connectivity index (χ2v) is 9.18. The van der Waals surface area contributed by atoms with Crippen molar-refractivity contribution in [3.8, 4) is 0 Å². The Balaban J connectivity index is 1.65. The summed E-state index contributed by atoms with van der Waals surface area (Å²) >= 11 is 0. The van der Waals surface area contributed by atoms with Crippen LogP contribution in [-0.4, -0.2) is 25.0 Å². The zero-order valence-corrected chi connectivity index (χ0v) is 17.4. The van der Waals surface area contributed by atoms with Crippen LogP contribution in [0.3, 0.4) is 0 Å². The Morgan fingerprint density at radius 3 is 2.14 bits per heavy atom. The Labute approximate surface area is 175 Å². The fraction of sp³-hybridized carbons (Fsp3) is 0.357. The molecule has 0 bridgehead atoms. The van der Waals surface area contributed by atoms with Crippen molar-refractivity contribution in [1.29, 1.82) is 0 Å². The van der Waals surface area contributed by atoms with E-state index in [1.165, 1.54) is 37.1 Å². The predicted octanol–water partition coefficient (Wildman–Crippen LogP) is 5.85. The SMILES string of the molecule is CN1CCC(C2c3ccccc3CC2(Cc2ccccc2)c2ccccc2)CC1. The summed E-state index contributed by atoms with van der Waals surface area (Å²) in [5.41, 5.74) is 6.30. The maximum atomic E-state index is 2.50. The molecule has 1 aliphatic heterocycles. The van der Waals surface area contributed by atoms with E-state index < -0.39 is 0 Å². The van der Waals surface area contributed by atoms with Crippen LogP contribution >= 0.6 is 0 Å². The third kappa shape index (κ3) is 3.42. The van der Waals surface area contributed by atoms with Crippen molar-refractivity contribution in [3.63, 3.8) is 0 Å². The maximum absolute atomic E-state index is 2.50. The molecule has 1 aliphatic carbocycles. The van der Waals surface area contributed by atoms with Gasteiger partial charge in [-0.2, -0.15) is 0 Å². The average Bonchev–Trinajstić information content (AvgIpc) is 3.10. The number of hydrogen-bond acceptors (Lipinski definition) is 1. The molecule has 0 spiro atoms. The van der Waals surface area contributed by atoms with Crippen molar-refractivity contribution in [2.45, 2.75) is 37.0 Å². The Bertz CT molecular complexity index is 940. The summed E-state index contributed by atoms with van der Waals surface area (Å²) in [7, 11) is 2.27. The lowest BCUT2D eigenvalue weighted by atomic mass is 9.61. The molecule has 0 amide bonds. The summed E-state index contributed by atoms with van der Waals surface area (Å²) in [6.07, 6.45) is 4.88. The second-order valence-electron chi connectivity index (χ2n) is 9.18. The molecule has 0 radical (unpaired) electrons. The topological polar surface area (TPSA) is 3.24 Å². The molecule has 0 aromatic heterocycles. The Kier molecular flexibility index (Phi) is 5.01. The van der Waals surface area contributed by atoms with Gasteiger partial charge in [-0.05, 0) is 79.9 Å². The summed E-state index contributed by atoms with van der Waals surface area (Å²) in [5, 5.41) is 0. The smallest absolute Gasteiger partial charge is 0.0105 e. The van der Waals surface area contributed by atoms with Gasteiger partial charge in [0.1, 0.15) is 0 Å². The maximum Gasteiger partial charge on any atom is 0.0105 e. The van der Waals surface area contributed by atoms with Crippen molar-refractivity contribution < 1.29 is 0 Å². The first kappa shape index (κ1) is 18.6. The highest BCUT2D eigenvalue weighted by molar-refractivity contribution is 5.48. The largest absolute Gasteiger partial charge is 0.306 e. The quantitative estimate of drug-likeness (QED) is 0.548. The van der Waals surface area contributed by atoms with E-state index in [4.69, 9.17) is 0 Å². The molecule has 2 aliphatic rings. The second kappa shape index (κ2) is 7.80. The van der Waals surface area contributed by atoms with Gasteiger partial charge in [0.15, 0.2) is 0 Å². The van der Waals surface area contributed by atoms with Crippen LogP contribution in [0.25, 0.3) is 0 Å². The lowest BCUT2D eigenvalue weighted by Gasteiger charge is -2.44. The van der Waals surface area contributed by atoms with Crippen molar-refractivity contribution >= 4 is 0 Å². The van der Waals surface area contributed by atoms with Crippen LogP contribution in [0.5, 0.6) is 0 Å². The summed E-state index contributed by atoms with van der Waals surface area (Å²) in [4.78, 5) is 2.50. The summed E-state index contributed by atoms with van der Waals surface area (Å²) < 4.78 is 0. The zero-order chi connectivity index (χ0) is 19.7. The number of fused-ring (bicyclic) bond motifs is 1. The first-order chi connectivity index (χ1) is 14.3. The van der Waals surface area contributed by atoms with Gasteiger partial charge in [0.05, 0.1) is 0 Å². The summed E-state index contributed by atoms with van der Waals surface area (Å²) in [6.45, 7) is 2.44. The van der Waals surface area contributed by atoms with Gasteiger partial charge in [-0.15, -0.1) is 0 Å². The zero-order valence-electron chi connectivity index (χ0n) is 17.4. The van der Waals surface area contributed by atoms with E-state index in [-0.39, 0.29) is 5.41 Å². The van der Waals surface area contributed by atoms with Crippen LogP contribution < -0.4 is 0 Å². The molecular formula is C28H31N. The number of hydrogen-bond donors (Lipinski definition) is 0. The number of benzene rings is 3. The van der Waals surface area contributed by atoms with Gasteiger partial charge >= 0.3 is 0 Å². The van der Waals surface area contributed by atoms with Crippen LogP contribution in [0.4, 0.5) is 0 Å². The van der Waals surface area contributed by atoms with Gasteiger partial charge in [-0.1, -0.05) is 84.9 Å². The van der Waals surface area contributed by atoms with E-state index in [1.54, 1.807) is 11.1 Å². The molecular weight excluding hydrogens is 350 g/mol. The van der Waals surface area contributed by atoms with E-state index in [0.29, 0.717) is 5.92 Å². The van der Waals surface area contributed by atoms with E-state index in [9.17, 15) is 0 Å². The Morgan fingerprint density at radius 1 is 0.793 bits per heavy atom. The third-order valence-corrected chi connectivity index (χ3v) is 7.44. The van der Waals surface area contributed by atoms with Crippen LogP contribution in [0.15, 0.2) is 84.9 Å². The van der Waals surface area contributed by atoms with Gasteiger partial charge < -0.3 is 4.90 Å². The molecule has 3 aromatic carbocycles. The highest BCUT2D eigenvalue weighted by atomic mass is 15.1. The molecule has 1 heterocycles. The van der Waals surface area contributed by atoms with Crippen molar-refractivity contribution in [2.24, 2.45) is 5.92 Å². The van der Waals surface area contributed by atoms with Crippen molar-refractivity contribution in [1.82, 2.24) is 4.90 Å². The Hall–Kier alpha value is -2.38. The molecule has 1 saturated heterocycles. The normalized spacial score (nSPS) is 25.1. The molecule has 2 unspecified atom stereocenters. The molecule has 1 nitrogen and oxygen atoms in total. The number of nitrogens with zero attached hydrogens (tertiary/aromatic N) is 1. The first-order valence-electron chi connectivity index (χ1n) is 11.1. The van der Waals surface area contributed by atoms with Crippen LogP contribution in [0, 0.1) is 5.92 Å². The lowest BCUT2D eigenvalue weighted by molar-refractivity contribution is 0.163. The Morgan fingerprint density at radius 2 is 1.41 bits per heavy atom. The van der Waals surface area contributed by atoms with Gasteiger partial charge in [-0.3, -0.25) is 0 Å². The van der Waals surface area contributed by atoms with Crippen LogP contribution in [0.2, 0.25) is 0 Å². The molecule has 148 valence electrons. The molecule has 1 heteroatoms. The molecule has 3 aromatic rings. The molecule has 1 fully saturated rings. The highest BCUT2D eigenvalue weighted by Gasteiger charge is 2.50. The molecule has 5 rings (SSSR count). The lowest BCUT2D eigenvalue weighted by Crippen LogP contribution is -2.41. The fourth-order valence-electron chi connectivity index (χ4n) is 6.10. The summed E-state index contributed by atoms with van der Waals surface area (Å²) in [6, 6.07) is 31.9. The molecule has 0 N–H and O–H groups in total. The van der Waals surface area contributed by atoms with Gasteiger partial charge in [-0.25, -0.2) is 0 Å². The van der Waals surface area contributed by atoms with Gasteiger partial charge in [0.25, 0.3) is 0 Å². The summed E-state index contributed by atoms with van der Waals surface area (Å²) in [5.74, 6) is 1.34. The number of rotatable bonds is 4. The highest BCUT2D eigenvalue weighted by Crippen LogP contribution is 2.56. The average molecular weight is 382 g/mol. The molecule has 2 atom stereocenters. The van der Waals surface area contributed by atoms with E-state index in [1.807, 2.05) is 0 Å². The van der Waals surface area contributed by atoms with Crippen LogP contribution in [-0.2, 0) is 18.3 Å². The van der Waals surface area contributed by atoms with Crippen molar-refractivity contribution in [2.75, 3.05) is 20.1 Å². The van der Waals surface area contributed by atoms with E-state index in [0.717, 1.165) is 18.8 Å². The minimum Gasteiger partial charge on any atom is -0.306 e. The van der Waals surface area contributed by atoms with Crippen LogP contribution in [0.1, 0.15) is 41.0 Å². The van der Waals surface area contributed by atoms with Gasteiger partial charge in [0, 0.05) is 5.41 Å². The van der Waals surface area contributed by atoms with Crippen molar-refractivity contribution in [3.05, 3.63) is 107 Å².